The highest BCUT2D eigenvalue weighted by Gasteiger charge is 2.39. The Hall–Kier alpha value is -1.72. The van der Waals surface area contributed by atoms with Crippen LogP contribution in [0.25, 0.3) is 0 Å². The Balaban J connectivity index is 2.52. The van der Waals surface area contributed by atoms with E-state index in [1.54, 1.807) is 12.2 Å². The maximum Gasteiger partial charge on any atom is 0.142 e. The van der Waals surface area contributed by atoms with Crippen molar-refractivity contribution in [2.24, 2.45) is 11.8 Å². The molecule has 0 unspecified atom stereocenters. The average Bonchev–Trinajstić information content (AvgIpc) is 2.82. The number of hydrogen-bond acceptors (Lipinski definition) is 5. The van der Waals surface area contributed by atoms with E-state index < -0.39 is 18.2 Å². The van der Waals surface area contributed by atoms with Crippen molar-refractivity contribution in [3.63, 3.8) is 0 Å². The minimum absolute atomic E-state index is 0.00426. The van der Waals surface area contributed by atoms with Crippen molar-refractivity contribution < 1.29 is 24.9 Å². The molecule has 2 N–H and O–H groups in total. The van der Waals surface area contributed by atoms with E-state index in [1.165, 1.54) is 0 Å². The van der Waals surface area contributed by atoms with Gasteiger partial charge >= 0.3 is 0 Å². The molecule has 0 heterocycles. The number of aliphatic hydroxyl groups excluding tert-OH is 2. The molecule has 0 amide bonds. The summed E-state index contributed by atoms with van der Waals surface area (Å²) in [5.41, 5.74) is 0. The number of allylic oxidation sites excluding steroid dienone is 4. The van der Waals surface area contributed by atoms with Gasteiger partial charge in [-0.1, -0.05) is 43.4 Å². The summed E-state index contributed by atoms with van der Waals surface area (Å²) in [7, 11) is 0. The topological polar surface area (TPSA) is 97.7 Å². The van der Waals surface area contributed by atoms with Crippen LogP contribution in [0.2, 0.25) is 0 Å². The number of ketones is 1. The monoisotopic (exact) mass is 349 g/mol. The standard InChI is InChI=1S/C20H30O5/c1-2-3-6-9-15(21)12-13-17-16(18(22)14-19(17)23)10-7-4-5-8-11-20(24)25/h3-4,6-7,12-13,15-18,21-22H,2,5,8-11,14H2,1H3,(H,24,25)/p-1/b6-3-,7-4-,13-12+/t15-,16+,17+,18-/m0/s1. The molecule has 0 bridgehead atoms. The molecular weight excluding hydrogens is 320 g/mol. The molecule has 1 rings (SSSR count). The van der Waals surface area contributed by atoms with Gasteiger partial charge in [-0.05, 0) is 38.5 Å². The van der Waals surface area contributed by atoms with Crippen LogP contribution in [0.1, 0.15) is 51.9 Å². The minimum Gasteiger partial charge on any atom is -0.550 e. The van der Waals surface area contributed by atoms with Gasteiger partial charge in [-0.25, -0.2) is 0 Å². The molecule has 0 spiro atoms. The molecule has 5 nitrogen and oxygen atoms in total. The van der Waals surface area contributed by atoms with E-state index in [4.69, 9.17) is 0 Å². The Morgan fingerprint density at radius 3 is 2.76 bits per heavy atom. The van der Waals surface area contributed by atoms with Gasteiger partial charge in [0.25, 0.3) is 0 Å². The van der Waals surface area contributed by atoms with E-state index in [2.05, 4.69) is 0 Å². The lowest BCUT2D eigenvalue weighted by Gasteiger charge is -2.17. The largest absolute Gasteiger partial charge is 0.550 e. The zero-order valence-electron chi connectivity index (χ0n) is 14.8. The Morgan fingerprint density at radius 1 is 1.32 bits per heavy atom. The fraction of sp³-hybridized carbons (Fsp3) is 0.600. The van der Waals surface area contributed by atoms with E-state index in [1.807, 2.05) is 31.2 Å². The van der Waals surface area contributed by atoms with Crippen LogP contribution in [-0.2, 0) is 9.59 Å². The first kappa shape index (κ1) is 21.3. The highest BCUT2D eigenvalue weighted by atomic mass is 16.4. The number of unbranched alkanes of at least 4 members (excludes halogenated alkanes) is 1. The second-order valence-corrected chi connectivity index (χ2v) is 6.47. The minimum atomic E-state index is -1.05. The summed E-state index contributed by atoms with van der Waals surface area (Å²) in [5, 5.41) is 30.3. The number of rotatable bonds is 11. The number of carbonyl (C=O) groups excluding carboxylic acids is 2. The maximum atomic E-state index is 12.1. The highest BCUT2D eigenvalue weighted by Crippen LogP contribution is 2.33. The molecule has 0 saturated heterocycles. The van der Waals surface area contributed by atoms with Crippen molar-refractivity contribution in [1.82, 2.24) is 0 Å². The molecule has 140 valence electrons. The summed E-state index contributed by atoms with van der Waals surface area (Å²) in [6, 6.07) is 0. The third-order valence-corrected chi connectivity index (χ3v) is 4.38. The van der Waals surface area contributed by atoms with Crippen LogP contribution in [0.4, 0.5) is 0 Å². The molecule has 1 aliphatic rings. The van der Waals surface area contributed by atoms with Crippen molar-refractivity contribution in [3.05, 3.63) is 36.5 Å². The van der Waals surface area contributed by atoms with Gasteiger partial charge in [0.2, 0.25) is 0 Å². The molecule has 0 aromatic rings. The fourth-order valence-corrected chi connectivity index (χ4v) is 2.99. The lowest BCUT2D eigenvalue weighted by molar-refractivity contribution is -0.305. The van der Waals surface area contributed by atoms with Crippen molar-refractivity contribution in [2.45, 2.75) is 64.1 Å². The Morgan fingerprint density at radius 2 is 2.08 bits per heavy atom. The molecule has 4 atom stereocenters. The summed E-state index contributed by atoms with van der Waals surface area (Å²) >= 11 is 0. The average molecular weight is 349 g/mol. The first-order valence-electron chi connectivity index (χ1n) is 9.02. The van der Waals surface area contributed by atoms with Gasteiger partial charge in [0, 0.05) is 24.2 Å². The van der Waals surface area contributed by atoms with E-state index in [9.17, 15) is 24.9 Å². The van der Waals surface area contributed by atoms with Crippen LogP contribution in [0.5, 0.6) is 0 Å². The number of carboxylic acids is 1. The van der Waals surface area contributed by atoms with Gasteiger partial charge in [-0.15, -0.1) is 0 Å². The van der Waals surface area contributed by atoms with Gasteiger partial charge in [0.05, 0.1) is 12.2 Å². The zero-order chi connectivity index (χ0) is 18.7. The molecule has 1 saturated carbocycles. The van der Waals surface area contributed by atoms with E-state index in [0.717, 1.165) is 6.42 Å². The highest BCUT2D eigenvalue weighted by molar-refractivity contribution is 5.86. The molecule has 1 fully saturated rings. The fourth-order valence-electron chi connectivity index (χ4n) is 2.99. The van der Waals surface area contributed by atoms with Crippen LogP contribution in [0, 0.1) is 11.8 Å². The van der Waals surface area contributed by atoms with Gasteiger partial charge < -0.3 is 20.1 Å². The first-order valence-corrected chi connectivity index (χ1v) is 9.02. The first-order chi connectivity index (χ1) is 12.0. The third kappa shape index (κ3) is 8.27. The van der Waals surface area contributed by atoms with Gasteiger partial charge in [0.15, 0.2) is 0 Å². The van der Waals surface area contributed by atoms with Crippen molar-refractivity contribution in [2.75, 3.05) is 0 Å². The molecule has 0 aliphatic heterocycles. The van der Waals surface area contributed by atoms with Crippen molar-refractivity contribution in [3.8, 4) is 0 Å². The van der Waals surface area contributed by atoms with E-state index in [0.29, 0.717) is 25.7 Å². The molecule has 0 aromatic carbocycles. The number of carboxylic acid groups (broad SMARTS) is 1. The predicted molar refractivity (Wildman–Crippen MR) is 94.4 cm³/mol. The molecular formula is C20H29O5-. The summed E-state index contributed by atoms with van der Waals surface area (Å²) in [6.45, 7) is 2.02. The molecule has 0 radical (unpaired) electrons. The summed E-state index contributed by atoms with van der Waals surface area (Å²) < 4.78 is 0. The maximum absolute atomic E-state index is 12.1. The van der Waals surface area contributed by atoms with Crippen LogP contribution in [0.15, 0.2) is 36.5 Å². The summed E-state index contributed by atoms with van der Waals surface area (Å²) in [5.74, 6) is -1.63. The molecule has 5 heteroatoms. The number of hydrogen-bond donors (Lipinski definition) is 2. The van der Waals surface area contributed by atoms with Crippen molar-refractivity contribution in [1.29, 1.82) is 0 Å². The van der Waals surface area contributed by atoms with Crippen LogP contribution in [0.3, 0.4) is 0 Å². The SMILES string of the molecule is CC/C=C\C[C@H](O)/C=C/[C@H]1C(=O)C[C@H](O)[C@@H]1C/C=C\CCCC(=O)[O-]. The quantitative estimate of drug-likeness (QED) is 0.437. The summed E-state index contributed by atoms with van der Waals surface area (Å²) in [6.07, 6.45) is 13.0. The molecule has 1 aliphatic carbocycles. The second kappa shape index (κ2) is 11.8. The smallest absolute Gasteiger partial charge is 0.142 e. The Kier molecular flexibility index (Phi) is 10.0. The van der Waals surface area contributed by atoms with Crippen molar-refractivity contribution >= 4 is 11.8 Å². The van der Waals surface area contributed by atoms with Crippen LogP contribution in [-0.4, -0.2) is 34.2 Å². The molecule has 25 heavy (non-hydrogen) atoms. The predicted octanol–water partition coefficient (Wildman–Crippen LogP) is 1.69. The summed E-state index contributed by atoms with van der Waals surface area (Å²) in [4.78, 5) is 22.4. The number of carbonyl (C=O) groups is 2. The van der Waals surface area contributed by atoms with Gasteiger partial charge in [0.1, 0.15) is 5.78 Å². The number of aliphatic hydroxyl groups is 2. The lowest BCUT2D eigenvalue weighted by atomic mass is 9.90. The van der Waals surface area contributed by atoms with E-state index >= 15 is 0 Å². The lowest BCUT2D eigenvalue weighted by Crippen LogP contribution is -2.21. The number of aliphatic carboxylic acids is 1. The van der Waals surface area contributed by atoms with E-state index in [-0.39, 0.29) is 30.5 Å². The zero-order valence-corrected chi connectivity index (χ0v) is 14.8. The van der Waals surface area contributed by atoms with Gasteiger partial charge in [-0.3, -0.25) is 4.79 Å². The Bertz CT molecular complexity index is 506. The normalized spacial score (nSPS) is 25.6. The third-order valence-electron chi connectivity index (χ3n) is 4.38. The molecule has 0 aromatic heterocycles. The second-order valence-electron chi connectivity index (χ2n) is 6.47. The van der Waals surface area contributed by atoms with Crippen LogP contribution >= 0.6 is 0 Å². The Labute approximate surface area is 149 Å². The van der Waals surface area contributed by atoms with Gasteiger partial charge in [-0.2, -0.15) is 0 Å². The number of Topliss-reactive ketones (excluding diaryl/α,β-unsaturated/α-hetero) is 1. The van der Waals surface area contributed by atoms with Crippen LogP contribution < -0.4 is 5.11 Å².